The highest BCUT2D eigenvalue weighted by atomic mass is 35.5. The zero-order valence-corrected chi connectivity index (χ0v) is 9.50. The third kappa shape index (κ3) is 2.44. The van der Waals surface area contributed by atoms with E-state index >= 15 is 0 Å². The van der Waals surface area contributed by atoms with Gasteiger partial charge in [0.25, 0.3) is 0 Å². The first kappa shape index (κ1) is 12.3. The number of benzene rings is 1. The van der Waals surface area contributed by atoms with E-state index in [-0.39, 0.29) is 0 Å². The molecule has 0 N–H and O–H groups in total. The molecule has 16 heavy (non-hydrogen) atoms. The summed E-state index contributed by atoms with van der Waals surface area (Å²) >= 11 is 11.5. The fourth-order valence-corrected chi connectivity index (χ4v) is 1.53. The Balaban J connectivity index is 3.17. The van der Waals surface area contributed by atoms with Gasteiger partial charge in [-0.3, -0.25) is 0 Å². The zero-order valence-electron chi connectivity index (χ0n) is 7.98. The molecule has 5 heteroatoms. The van der Waals surface area contributed by atoms with Crippen molar-refractivity contribution in [3.05, 3.63) is 33.8 Å². The lowest BCUT2D eigenvalue weighted by atomic mass is 9.89. The van der Waals surface area contributed by atoms with Gasteiger partial charge in [-0.25, -0.2) is 0 Å². The Morgan fingerprint density at radius 1 is 0.938 bits per heavy atom. The maximum Gasteiger partial charge on any atom is 0.153 e. The summed E-state index contributed by atoms with van der Waals surface area (Å²) in [5.41, 5.74) is 0.519. The normalized spacial score (nSPS) is 11.2. The molecule has 0 bridgehead atoms. The minimum Gasteiger partial charge on any atom is -0.198 e. The molecule has 0 radical (unpaired) electrons. The molecule has 0 fully saturated rings. The average Bonchev–Trinajstić information content (AvgIpc) is 2.29. The lowest BCUT2D eigenvalue weighted by molar-refractivity contribution is 0.745. The molecule has 0 aromatic heterocycles. The van der Waals surface area contributed by atoms with Crippen LogP contribution in [0.3, 0.4) is 0 Å². The van der Waals surface area contributed by atoms with Crippen LogP contribution in [0.25, 0.3) is 0 Å². The van der Waals surface area contributed by atoms with E-state index in [1.165, 1.54) is 12.1 Å². The van der Waals surface area contributed by atoms with Crippen molar-refractivity contribution in [3.8, 4) is 18.2 Å². The molecule has 1 atom stereocenters. The maximum atomic E-state index is 8.94. The SMILES string of the molecule is N#CC(C#N)[C@@H](C#N)c1ccc(Cl)c(Cl)c1. The van der Waals surface area contributed by atoms with Crippen LogP contribution in [0.4, 0.5) is 0 Å². The summed E-state index contributed by atoms with van der Waals surface area (Å²) in [6.07, 6.45) is 0. The number of nitrogens with zero attached hydrogens (tertiary/aromatic N) is 3. The maximum absolute atomic E-state index is 8.94. The van der Waals surface area contributed by atoms with E-state index in [0.717, 1.165) is 0 Å². The van der Waals surface area contributed by atoms with E-state index in [1.54, 1.807) is 18.2 Å². The molecule has 0 amide bonds. The van der Waals surface area contributed by atoms with E-state index < -0.39 is 11.8 Å². The van der Waals surface area contributed by atoms with Crippen LogP contribution in [-0.2, 0) is 0 Å². The third-order valence-electron chi connectivity index (χ3n) is 2.05. The Morgan fingerprint density at radius 2 is 1.56 bits per heavy atom. The molecule has 0 aliphatic heterocycles. The average molecular weight is 250 g/mol. The van der Waals surface area contributed by atoms with Crippen molar-refractivity contribution in [1.29, 1.82) is 15.8 Å². The van der Waals surface area contributed by atoms with Gasteiger partial charge in [-0.15, -0.1) is 0 Å². The van der Waals surface area contributed by atoms with Crippen molar-refractivity contribution in [1.82, 2.24) is 0 Å². The number of halogens is 2. The van der Waals surface area contributed by atoms with Crippen molar-refractivity contribution in [2.24, 2.45) is 5.92 Å². The molecule has 0 heterocycles. The molecule has 0 aliphatic carbocycles. The van der Waals surface area contributed by atoms with Gasteiger partial charge in [-0.05, 0) is 17.7 Å². The molecule has 0 unspecified atom stereocenters. The lowest BCUT2D eigenvalue weighted by Crippen LogP contribution is -2.07. The van der Waals surface area contributed by atoms with Gasteiger partial charge in [0.2, 0.25) is 0 Å². The Kier molecular flexibility index (Phi) is 4.15. The van der Waals surface area contributed by atoms with E-state index in [0.29, 0.717) is 15.6 Å². The molecule has 1 aromatic rings. The van der Waals surface area contributed by atoms with Gasteiger partial charge in [0.1, 0.15) is 5.92 Å². The summed E-state index contributed by atoms with van der Waals surface area (Å²) < 4.78 is 0. The summed E-state index contributed by atoms with van der Waals surface area (Å²) in [5.74, 6) is -1.83. The van der Waals surface area contributed by atoms with Crippen LogP contribution in [0.15, 0.2) is 18.2 Å². The number of rotatable bonds is 2. The number of nitriles is 3. The molecular formula is C11H5Cl2N3. The van der Waals surface area contributed by atoms with E-state index in [2.05, 4.69) is 0 Å². The van der Waals surface area contributed by atoms with Gasteiger partial charge in [0.15, 0.2) is 5.92 Å². The Bertz CT molecular complexity index is 506. The van der Waals surface area contributed by atoms with Crippen LogP contribution in [0.5, 0.6) is 0 Å². The van der Waals surface area contributed by atoms with Gasteiger partial charge in [-0.1, -0.05) is 29.3 Å². The quantitative estimate of drug-likeness (QED) is 0.808. The van der Waals surface area contributed by atoms with Crippen molar-refractivity contribution in [2.45, 2.75) is 5.92 Å². The molecule has 1 aromatic carbocycles. The predicted molar refractivity (Wildman–Crippen MR) is 59.5 cm³/mol. The summed E-state index contributed by atoms with van der Waals surface area (Å²) in [4.78, 5) is 0. The topological polar surface area (TPSA) is 71.4 Å². The van der Waals surface area contributed by atoms with Gasteiger partial charge in [0, 0.05) is 0 Å². The fourth-order valence-electron chi connectivity index (χ4n) is 1.23. The second-order valence-electron chi connectivity index (χ2n) is 3.02. The molecule has 78 valence electrons. The van der Waals surface area contributed by atoms with Crippen LogP contribution in [0.2, 0.25) is 10.0 Å². The first-order valence-electron chi connectivity index (χ1n) is 4.27. The summed E-state index contributed by atoms with van der Waals surface area (Å²) in [5, 5.41) is 27.1. The Labute approximate surface area is 103 Å². The molecular weight excluding hydrogens is 245 g/mol. The van der Waals surface area contributed by atoms with Crippen LogP contribution in [0, 0.1) is 39.9 Å². The van der Waals surface area contributed by atoms with Crippen molar-refractivity contribution in [3.63, 3.8) is 0 Å². The third-order valence-corrected chi connectivity index (χ3v) is 2.79. The van der Waals surface area contributed by atoms with Crippen LogP contribution in [-0.4, -0.2) is 0 Å². The summed E-state index contributed by atoms with van der Waals surface area (Å²) in [6, 6.07) is 10.1. The summed E-state index contributed by atoms with van der Waals surface area (Å²) in [6.45, 7) is 0. The van der Waals surface area contributed by atoms with Gasteiger partial charge in [0.05, 0.1) is 28.3 Å². The van der Waals surface area contributed by atoms with Crippen LogP contribution in [0.1, 0.15) is 11.5 Å². The van der Waals surface area contributed by atoms with Crippen molar-refractivity contribution >= 4 is 23.2 Å². The van der Waals surface area contributed by atoms with Gasteiger partial charge >= 0.3 is 0 Å². The lowest BCUT2D eigenvalue weighted by Gasteiger charge is -2.09. The molecule has 0 spiro atoms. The summed E-state index contributed by atoms with van der Waals surface area (Å²) in [7, 11) is 0. The highest BCUT2D eigenvalue weighted by Gasteiger charge is 2.23. The highest BCUT2D eigenvalue weighted by Crippen LogP contribution is 2.29. The smallest absolute Gasteiger partial charge is 0.153 e. The van der Waals surface area contributed by atoms with Gasteiger partial charge < -0.3 is 0 Å². The Morgan fingerprint density at radius 3 is 2.00 bits per heavy atom. The van der Waals surface area contributed by atoms with Gasteiger partial charge in [-0.2, -0.15) is 15.8 Å². The zero-order chi connectivity index (χ0) is 12.1. The molecule has 0 aliphatic rings. The standard InChI is InChI=1S/C11H5Cl2N3/c12-10-2-1-7(3-11(10)13)9(6-16)8(4-14)5-15/h1-3,8-9H/t9-/m0/s1. The van der Waals surface area contributed by atoms with Crippen LogP contribution >= 0.6 is 23.2 Å². The van der Waals surface area contributed by atoms with Crippen LogP contribution < -0.4 is 0 Å². The number of hydrogen-bond acceptors (Lipinski definition) is 3. The fraction of sp³-hybridized carbons (Fsp3) is 0.182. The van der Waals surface area contributed by atoms with E-state index in [4.69, 9.17) is 39.0 Å². The number of hydrogen-bond donors (Lipinski definition) is 0. The highest BCUT2D eigenvalue weighted by molar-refractivity contribution is 6.42. The molecule has 0 saturated carbocycles. The Hall–Kier alpha value is -1.73. The van der Waals surface area contributed by atoms with E-state index in [9.17, 15) is 0 Å². The second-order valence-corrected chi connectivity index (χ2v) is 3.83. The second kappa shape index (κ2) is 5.38. The minimum absolute atomic E-state index is 0.300. The molecule has 0 saturated heterocycles. The monoisotopic (exact) mass is 249 g/mol. The van der Waals surface area contributed by atoms with Crippen molar-refractivity contribution < 1.29 is 0 Å². The molecule has 1 rings (SSSR count). The largest absolute Gasteiger partial charge is 0.198 e. The predicted octanol–water partition coefficient (Wildman–Crippen LogP) is 3.26. The van der Waals surface area contributed by atoms with E-state index in [1.807, 2.05) is 6.07 Å². The van der Waals surface area contributed by atoms with Crippen molar-refractivity contribution in [2.75, 3.05) is 0 Å². The first-order chi connectivity index (χ1) is 7.63. The molecule has 3 nitrogen and oxygen atoms in total. The first-order valence-corrected chi connectivity index (χ1v) is 5.03. The minimum atomic E-state index is -1.01.